The lowest BCUT2D eigenvalue weighted by atomic mass is 9.95. The number of hydrogen-bond donors (Lipinski definition) is 0. The van der Waals surface area contributed by atoms with Gasteiger partial charge >= 0.3 is 0 Å². The molecular formula is C19H26N2O3. The summed E-state index contributed by atoms with van der Waals surface area (Å²) in [5.41, 5.74) is 0.996. The number of likely N-dealkylation sites (tertiary alicyclic amines) is 2. The fourth-order valence-electron chi connectivity index (χ4n) is 3.60. The first-order chi connectivity index (χ1) is 11.7. The molecule has 2 saturated heterocycles. The smallest absolute Gasteiger partial charge is 0.226 e. The van der Waals surface area contributed by atoms with Gasteiger partial charge in [0.1, 0.15) is 5.75 Å². The van der Waals surface area contributed by atoms with Crippen molar-refractivity contribution in [3.05, 3.63) is 29.8 Å². The number of ether oxygens (including phenoxy) is 1. The van der Waals surface area contributed by atoms with Crippen molar-refractivity contribution >= 4 is 11.8 Å². The van der Waals surface area contributed by atoms with Crippen LogP contribution < -0.4 is 4.74 Å². The highest BCUT2D eigenvalue weighted by molar-refractivity contribution is 5.81. The van der Waals surface area contributed by atoms with Gasteiger partial charge in [0.05, 0.1) is 13.5 Å². The highest BCUT2D eigenvalue weighted by Gasteiger charge is 2.31. The molecule has 0 aromatic heterocycles. The molecule has 0 radical (unpaired) electrons. The van der Waals surface area contributed by atoms with Gasteiger partial charge in [-0.15, -0.1) is 0 Å². The Hall–Kier alpha value is -2.04. The molecule has 5 nitrogen and oxygen atoms in total. The first-order valence-corrected chi connectivity index (χ1v) is 8.87. The third kappa shape index (κ3) is 3.89. The lowest BCUT2D eigenvalue weighted by molar-refractivity contribution is -0.139. The summed E-state index contributed by atoms with van der Waals surface area (Å²) in [7, 11) is 1.63. The number of carbonyl (C=O) groups excluding carboxylic acids is 2. The van der Waals surface area contributed by atoms with Crippen LogP contribution in [0.3, 0.4) is 0 Å². The lowest BCUT2D eigenvalue weighted by Crippen LogP contribution is -2.44. The van der Waals surface area contributed by atoms with E-state index in [1.165, 1.54) is 0 Å². The van der Waals surface area contributed by atoms with Gasteiger partial charge in [0, 0.05) is 32.1 Å². The number of amides is 2. The molecule has 3 rings (SSSR count). The summed E-state index contributed by atoms with van der Waals surface area (Å²) in [5.74, 6) is 1.35. The Morgan fingerprint density at radius 2 is 1.62 bits per heavy atom. The van der Waals surface area contributed by atoms with Crippen molar-refractivity contribution < 1.29 is 14.3 Å². The van der Waals surface area contributed by atoms with Crippen molar-refractivity contribution in [3.63, 3.8) is 0 Å². The van der Waals surface area contributed by atoms with E-state index in [0.29, 0.717) is 25.4 Å². The molecule has 0 N–H and O–H groups in total. The van der Waals surface area contributed by atoms with Crippen LogP contribution in [0.5, 0.6) is 5.75 Å². The number of methoxy groups -OCH3 is 1. The predicted molar refractivity (Wildman–Crippen MR) is 91.8 cm³/mol. The number of nitrogens with zero attached hydrogens (tertiary/aromatic N) is 2. The van der Waals surface area contributed by atoms with Gasteiger partial charge in [-0.3, -0.25) is 9.59 Å². The standard InChI is InChI=1S/C19H26N2O3/c1-24-17-6-4-15(5-7-17)14-18(22)20-12-8-16(9-13-20)19(23)21-10-2-3-11-21/h4-7,16H,2-3,8-14H2,1H3. The minimum absolute atomic E-state index is 0.105. The molecule has 1 aromatic carbocycles. The Balaban J connectivity index is 1.48. The maximum atomic E-state index is 12.5. The van der Waals surface area contributed by atoms with Gasteiger partial charge in [-0.25, -0.2) is 0 Å². The summed E-state index contributed by atoms with van der Waals surface area (Å²) in [4.78, 5) is 28.8. The highest BCUT2D eigenvalue weighted by atomic mass is 16.5. The maximum absolute atomic E-state index is 12.5. The minimum Gasteiger partial charge on any atom is -0.497 e. The molecule has 0 aliphatic carbocycles. The second kappa shape index (κ2) is 7.69. The molecule has 2 amide bonds. The molecule has 2 aliphatic rings. The molecule has 2 fully saturated rings. The van der Waals surface area contributed by atoms with E-state index in [4.69, 9.17) is 4.74 Å². The normalized spacial score (nSPS) is 18.7. The largest absolute Gasteiger partial charge is 0.497 e. The average Bonchev–Trinajstić information content (AvgIpc) is 3.16. The zero-order valence-corrected chi connectivity index (χ0v) is 14.4. The first-order valence-electron chi connectivity index (χ1n) is 8.87. The van der Waals surface area contributed by atoms with Crippen LogP contribution in [0.25, 0.3) is 0 Å². The van der Waals surface area contributed by atoms with Gasteiger partial charge < -0.3 is 14.5 Å². The molecular weight excluding hydrogens is 304 g/mol. The molecule has 1 aromatic rings. The van der Waals surface area contributed by atoms with Gasteiger partial charge in [-0.05, 0) is 43.4 Å². The molecule has 0 spiro atoms. The van der Waals surface area contributed by atoms with Crippen LogP contribution >= 0.6 is 0 Å². The summed E-state index contributed by atoms with van der Waals surface area (Å²) in [5, 5.41) is 0. The van der Waals surface area contributed by atoms with E-state index >= 15 is 0 Å². The lowest BCUT2D eigenvalue weighted by Gasteiger charge is -2.33. The van der Waals surface area contributed by atoms with Crippen LogP contribution in [0, 0.1) is 5.92 Å². The average molecular weight is 330 g/mol. The molecule has 0 saturated carbocycles. The summed E-state index contributed by atoms with van der Waals surface area (Å²) < 4.78 is 5.14. The van der Waals surface area contributed by atoms with Crippen LogP contribution in [-0.2, 0) is 16.0 Å². The Kier molecular flexibility index (Phi) is 5.38. The molecule has 2 aliphatic heterocycles. The van der Waals surface area contributed by atoms with Crippen LogP contribution in [0.4, 0.5) is 0 Å². The number of hydrogen-bond acceptors (Lipinski definition) is 3. The second-order valence-corrected chi connectivity index (χ2v) is 6.71. The number of carbonyl (C=O) groups is 2. The van der Waals surface area contributed by atoms with E-state index in [2.05, 4.69) is 0 Å². The number of benzene rings is 1. The summed E-state index contributed by atoms with van der Waals surface area (Å²) in [6.07, 6.45) is 4.26. The van der Waals surface area contributed by atoms with Crippen molar-refractivity contribution in [2.75, 3.05) is 33.3 Å². The molecule has 5 heteroatoms. The molecule has 0 unspecified atom stereocenters. The Morgan fingerprint density at radius 1 is 1.00 bits per heavy atom. The number of piperidine rings is 1. The summed E-state index contributed by atoms with van der Waals surface area (Å²) in [6.45, 7) is 3.21. The Bertz CT molecular complexity index is 571. The summed E-state index contributed by atoms with van der Waals surface area (Å²) in [6, 6.07) is 7.62. The molecule has 0 atom stereocenters. The van der Waals surface area contributed by atoms with E-state index < -0.39 is 0 Å². The van der Waals surface area contributed by atoms with Crippen LogP contribution in [-0.4, -0.2) is 54.9 Å². The minimum atomic E-state index is 0.105. The van der Waals surface area contributed by atoms with Gasteiger partial charge in [-0.1, -0.05) is 12.1 Å². The summed E-state index contributed by atoms with van der Waals surface area (Å²) >= 11 is 0. The van der Waals surface area contributed by atoms with E-state index in [1.807, 2.05) is 34.1 Å². The van der Waals surface area contributed by atoms with Crippen molar-refractivity contribution in [1.82, 2.24) is 9.80 Å². The van der Waals surface area contributed by atoms with Crippen LogP contribution in [0.2, 0.25) is 0 Å². The second-order valence-electron chi connectivity index (χ2n) is 6.71. The zero-order chi connectivity index (χ0) is 16.9. The highest BCUT2D eigenvalue weighted by Crippen LogP contribution is 2.22. The molecule has 24 heavy (non-hydrogen) atoms. The monoisotopic (exact) mass is 330 g/mol. The van der Waals surface area contributed by atoms with E-state index in [-0.39, 0.29) is 11.8 Å². The fraction of sp³-hybridized carbons (Fsp3) is 0.579. The quantitative estimate of drug-likeness (QED) is 0.849. The first kappa shape index (κ1) is 16.8. The Morgan fingerprint density at radius 3 is 2.21 bits per heavy atom. The third-order valence-corrected chi connectivity index (χ3v) is 5.13. The van der Waals surface area contributed by atoms with Gasteiger partial charge in [0.15, 0.2) is 0 Å². The van der Waals surface area contributed by atoms with E-state index in [0.717, 1.165) is 50.1 Å². The molecule has 130 valence electrons. The zero-order valence-electron chi connectivity index (χ0n) is 14.4. The van der Waals surface area contributed by atoms with Gasteiger partial charge in [0.25, 0.3) is 0 Å². The fourth-order valence-corrected chi connectivity index (χ4v) is 3.60. The third-order valence-electron chi connectivity index (χ3n) is 5.13. The van der Waals surface area contributed by atoms with Gasteiger partial charge in [0.2, 0.25) is 11.8 Å². The number of rotatable bonds is 4. The van der Waals surface area contributed by atoms with Crippen molar-refractivity contribution in [2.24, 2.45) is 5.92 Å². The van der Waals surface area contributed by atoms with Crippen molar-refractivity contribution in [3.8, 4) is 5.75 Å². The topological polar surface area (TPSA) is 49.9 Å². The predicted octanol–water partition coefficient (Wildman–Crippen LogP) is 2.10. The molecule has 0 bridgehead atoms. The van der Waals surface area contributed by atoms with E-state index in [9.17, 15) is 9.59 Å². The van der Waals surface area contributed by atoms with Crippen LogP contribution in [0.15, 0.2) is 24.3 Å². The SMILES string of the molecule is COc1ccc(CC(=O)N2CCC(C(=O)N3CCCC3)CC2)cc1. The van der Waals surface area contributed by atoms with Crippen molar-refractivity contribution in [1.29, 1.82) is 0 Å². The van der Waals surface area contributed by atoms with Gasteiger partial charge in [-0.2, -0.15) is 0 Å². The Labute approximate surface area is 143 Å². The maximum Gasteiger partial charge on any atom is 0.226 e. The van der Waals surface area contributed by atoms with E-state index in [1.54, 1.807) is 7.11 Å². The van der Waals surface area contributed by atoms with Crippen LogP contribution in [0.1, 0.15) is 31.2 Å². The molecule has 2 heterocycles. The van der Waals surface area contributed by atoms with Crippen molar-refractivity contribution in [2.45, 2.75) is 32.1 Å².